The van der Waals surface area contributed by atoms with Crippen molar-refractivity contribution in [1.29, 1.82) is 0 Å². The second kappa shape index (κ2) is 5.54. The molecule has 0 unspecified atom stereocenters. The van der Waals surface area contributed by atoms with Crippen LogP contribution in [0.3, 0.4) is 0 Å². The summed E-state index contributed by atoms with van der Waals surface area (Å²) in [4.78, 5) is 15.0. The number of rotatable bonds is 3. The largest absolute Gasteiger partial charge is 0.378 e. The highest BCUT2D eigenvalue weighted by Gasteiger charge is 2.55. The number of hydrogen-bond donors (Lipinski definition) is 0. The molecule has 1 amide bonds. The molecule has 5 heteroatoms. The van der Waals surface area contributed by atoms with Gasteiger partial charge in [0.2, 0.25) is 5.91 Å². The quantitative estimate of drug-likeness (QED) is 0.733. The number of anilines is 1. The fourth-order valence-electron chi connectivity index (χ4n) is 3.89. The zero-order valence-corrected chi connectivity index (χ0v) is 14.6. The molecule has 0 radical (unpaired) electrons. The molecule has 0 N–H and O–H groups in total. The van der Waals surface area contributed by atoms with Gasteiger partial charge in [0.15, 0.2) is 0 Å². The van der Waals surface area contributed by atoms with E-state index in [9.17, 15) is 4.79 Å². The van der Waals surface area contributed by atoms with E-state index in [1.165, 1.54) is 0 Å². The standard InChI is InChI=1S/C21H19N3O2/c1-23-12-17(10-22-23)16-8-6-15(7-9-16)11-24-19-5-3-2-4-18(19)21(20(24)25)13-26-14-21/h2-10,12H,11,13-14H2,1H3. The summed E-state index contributed by atoms with van der Waals surface area (Å²) in [6.45, 7) is 1.55. The van der Waals surface area contributed by atoms with Gasteiger partial charge >= 0.3 is 0 Å². The van der Waals surface area contributed by atoms with Crippen LogP contribution in [0.15, 0.2) is 60.9 Å². The molecular formula is C21H19N3O2. The third kappa shape index (κ3) is 2.14. The van der Waals surface area contributed by atoms with Gasteiger partial charge in [-0.15, -0.1) is 0 Å². The fourth-order valence-corrected chi connectivity index (χ4v) is 3.89. The number of benzene rings is 2. The van der Waals surface area contributed by atoms with E-state index in [-0.39, 0.29) is 5.91 Å². The summed E-state index contributed by atoms with van der Waals surface area (Å²) in [6, 6.07) is 16.4. The second-order valence-electron chi connectivity index (χ2n) is 7.08. The number of fused-ring (bicyclic) bond motifs is 2. The van der Waals surface area contributed by atoms with E-state index in [0.717, 1.165) is 27.9 Å². The van der Waals surface area contributed by atoms with Gasteiger partial charge in [0, 0.05) is 24.5 Å². The molecule has 0 saturated carbocycles. The summed E-state index contributed by atoms with van der Waals surface area (Å²) in [5, 5.41) is 4.22. The Morgan fingerprint density at radius 1 is 1.08 bits per heavy atom. The number of amides is 1. The third-order valence-electron chi connectivity index (χ3n) is 5.39. The molecule has 0 atom stereocenters. The first-order chi connectivity index (χ1) is 12.7. The van der Waals surface area contributed by atoms with E-state index in [4.69, 9.17) is 4.74 Å². The maximum atomic E-state index is 13.1. The highest BCUT2D eigenvalue weighted by molar-refractivity contribution is 6.08. The summed E-state index contributed by atoms with van der Waals surface area (Å²) in [5.41, 5.74) is 4.97. The van der Waals surface area contributed by atoms with Crippen molar-refractivity contribution in [3.05, 3.63) is 72.1 Å². The van der Waals surface area contributed by atoms with Crippen molar-refractivity contribution in [2.45, 2.75) is 12.0 Å². The number of ether oxygens (including phenoxy) is 1. The molecule has 1 fully saturated rings. The Hall–Kier alpha value is -2.92. The second-order valence-corrected chi connectivity index (χ2v) is 7.08. The minimum atomic E-state index is -0.466. The summed E-state index contributed by atoms with van der Waals surface area (Å²) < 4.78 is 7.19. The van der Waals surface area contributed by atoms with Crippen molar-refractivity contribution in [3.63, 3.8) is 0 Å². The lowest BCUT2D eigenvalue weighted by atomic mass is 9.80. The Balaban J connectivity index is 1.44. The SMILES string of the molecule is Cn1cc(-c2ccc(CN3C(=O)C4(COC4)c4ccccc43)cc2)cn1. The number of aryl methyl sites for hydroxylation is 1. The maximum absolute atomic E-state index is 13.1. The van der Waals surface area contributed by atoms with Crippen molar-refractivity contribution in [2.75, 3.05) is 18.1 Å². The van der Waals surface area contributed by atoms with Gasteiger partial charge in [-0.2, -0.15) is 5.10 Å². The Bertz CT molecular complexity index is 987. The van der Waals surface area contributed by atoms with Gasteiger partial charge in [0.25, 0.3) is 0 Å². The molecule has 130 valence electrons. The van der Waals surface area contributed by atoms with Crippen LogP contribution >= 0.6 is 0 Å². The number of carbonyl (C=O) groups is 1. The third-order valence-corrected chi connectivity index (χ3v) is 5.39. The van der Waals surface area contributed by atoms with Crippen LogP contribution < -0.4 is 4.90 Å². The predicted molar refractivity (Wildman–Crippen MR) is 98.8 cm³/mol. The predicted octanol–water partition coefficient (Wildman–Crippen LogP) is 2.90. The van der Waals surface area contributed by atoms with Crippen LogP contribution in [0.5, 0.6) is 0 Å². The van der Waals surface area contributed by atoms with Gasteiger partial charge in [0.1, 0.15) is 5.41 Å². The van der Waals surface area contributed by atoms with Crippen molar-refractivity contribution < 1.29 is 9.53 Å². The molecule has 1 saturated heterocycles. The minimum absolute atomic E-state index is 0.154. The summed E-state index contributed by atoms with van der Waals surface area (Å²) in [5.74, 6) is 0.154. The molecule has 0 bridgehead atoms. The van der Waals surface area contributed by atoms with Gasteiger partial charge in [-0.3, -0.25) is 9.48 Å². The van der Waals surface area contributed by atoms with Gasteiger partial charge in [0.05, 0.1) is 26.0 Å². The molecule has 1 aromatic heterocycles. The van der Waals surface area contributed by atoms with Crippen molar-refractivity contribution in [2.24, 2.45) is 7.05 Å². The van der Waals surface area contributed by atoms with Crippen LogP contribution in [-0.2, 0) is 28.5 Å². The molecule has 5 nitrogen and oxygen atoms in total. The first-order valence-electron chi connectivity index (χ1n) is 8.75. The summed E-state index contributed by atoms with van der Waals surface area (Å²) in [7, 11) is 1.91. The van der Waals surface area contributed by atoms with Crippen molar-refractivity contribution in [3.8, 4) is 11.1 Å². The normalized spacial score (nSPS) is 17.4. The Morgan fingerprint density at radius 2 is 1.85 bits per heavy atom. The van der Waals surface area contributed by atoms with E-state index in [0.29, 0.717) is 19.8 Å². The fraction of sp³-hybridized carbons (Fsp3) is 0.238. The topological polar surface area (TPSA) is 47.4 Å². The van der Waals surface area contributed by atoms with E-state index in [1.54, 1.807) is 4.68 Å². The first kappa shape index (κ1) is 15.3. The van der Waals surface area contributed by atoms with Gasteiger partial charge < -0.3 is 9.64 Å². The average Bonchev–Trinajstić information content (AvgIpc) is 3.16. The summed E-state index contributed by atoms with van der Waals surface area (Å²) >= 11 is 0. The van der Waals surface area contributed by atoms with Crippen LogP contribution in [0.25, 0.3) is 11.1 Å². The van der Waals surface area contributed by atoms with E-state index >= 15 is 0 Å². The van der Waals surface area contributed by atoms with Crippen LogP contribution in [0.2, 0.25) is 0 Å². The molecule has 0 aliphatic carbocycles. The lowest BCUT2D eigenvalue weighted by Crippen LogP contribution is -2.54. The molecule has 2 aromatic carbocycles. The molecule has 1 spiro atoms. The van der Waals surface area contributed by atoms with Gasteiger partial charge in [-0.1, -0.05) is 42.5 Å². The van der Waals surface area contributed by atoms with Crippen molar-refractivity contribution >= 4 is 11.6 Å². The van der Waals surface area contributed by atoms with Crippen molar-refractivity contribution in [1.82, 2.24) is 9.78 Å². The molecule has 2 aliphatic rings. The van der Waals surface area contributed by atoms with Gasteiger partial charge in [-0.25, -0.2) is 0 Å². The smallest absolute Gasteiger partial charge is 0.242 e. The van der Waals surface area contributed by atoms with E-state index < -0.39 is 5.41 Å². The maximum Gasteiger partial charge on any atom is 0.242 e. The van der Waals surface area contributed by atoms with E-state index in [2.05, 4.69) is 35.4 Å². The zero-order valence-electron chi connectivity index (χ0n) is 14.6. The number of para-hydroxylation sites is 1. The summed E-state index contributed by atoms with van der Waals surface area (Å²) in [6.07, 6.45) is 3.85. The van der Waals surface area contributed by atoms with Gasteiger partial charge in [-0.05, 0) is 22.8 Å². The van der Waals surface area contributed by atoms with E-state index in [1.807, 2.05) is 42.5 Å². The lowest BCUT2D eigenvalue weighted by Gasteiger charge is -2.36. The molecular weight excluding hydrogens is 326 g/mol. The number of aromatic nitrogens is 2. The Labute approximate surface area is 151 Å². The number of carbonyl (C=O) groups excluding carboxylic acids is 1. The first-order valence-corrected chi connectivity index (χ1v) is 8.75. The molecule has 3 heterocycles. The molecule has 5 rings (SSSR count). The van der Waals surface area contributed by atoms with Crippen LogP contribution in [0.1, 0.15) is 11.1 Å². The lowest BCUT2D eigenvalue weighted by molar-refractivity contribution is -0.140. The highest BCUT2D eigenvalue weighted by atomic mass is 16.5. The molecule has 2 aliphatic heterocycles. The van der Waals surface area contributed by atoms with Crippen LogP contribution in [0.4, 0.5) is 5.69 Å². The van der Waals surface area contributed by atoms with Crippen LogP contribution in [0, 0.1) is 0 Å². The number of hydrogen-bond acceptors (Lipinski definition) is 3. The monoisotopic (exact) mass is 345 g/mol. The molecule has 26 heavy (non-hydrogen) atoms. The average molecular weight is 345 g/mol. The highest BCUT2D eigenvalue weighted by Crippen LogP contribution is 2.46. The molecule has 3 aromatic rings. The Kier molecular flexibility index (Phi) is 3.27. The Morgan fingerprint density at radius 3 is 2.50 bits per heavy atom. The number of nitrogens with zero attached hydrogens (tertiary/aromatic N) is 3. The zero-order chi connectivity index (χ0) is 17.7. The van der Waals surface area contributed by atoms with Crippen LogP contribution in [-0.4, -0.2) is 28.9 Å². The minimum Gasteiger partial charge on any atom is -0.378 e.